The number of piperazine rings is 1. The number of carbonyl (C=O) groups is 3. The molecule has 9 nitrogen and oxygen atoms in total. The number of hydrogen-bond donors (Lipinski definition) is 1. The molecule has 1 atom stereocenters. The first kappa shape index (κ1) is 20.6. The normalized spacial score (nSPS) is 23.2. The molecular formula is C21H29N4O5+. The average molecular weight is 417 g/mol. The largest absolute Gasteiger partial charge is 0.450 e. The van der Waals surface area contributed by atoms with Gasteiger partial charge in [-0.1, -0.05) is 0 Å². The molecule has 0 spiro atoms. The number of benzene rings is 1. The summed E-state index contributed by atoms with van der Waals surface area (Å²) >= 11 is 0. The summed E-state index contributed by atoms with van der Waals surface area (Å²) in [5.74, 6) is -0.317. The van der Waals surface area contributed by atoms with Gasteiger partial charge >= 0.3 is 6.09 Å². The Balaban J connectivity index is 1.39. The zero-order chi connectivity index (χ0) is 21.1. The van der Waals surface area contributed by atoms with Crippen LogP contribution in [0.15, 0.2) is 24.3 Å². The molecule has 3 saturated heterocycles. The van der Waals surface area contributed by atoms with Crippen molar-refractivity contribution in [3.63, 3.8) is 0 Å². The third-order valence-electron chi connectivity index (χ3n) is 6.06. The summed E-state index contributed by atoms with van der Waals surface area (Å²) in [6.07, 6.45) is -0.105. The first-order valence-electron chi connectivity index (χ1n) is 10.6. The number of ether oxygens (including phenoxy) is 2. The molecule has 0 radical (unpaired) electrons. The topological polar surface area (TPSA) is 83.8 Å². The van der Waals surface area contributed by atoms with E-state index in [-0.39, 0.29) is 30.4 Å². The molecule has 0 aliphatic carbocycles. The van der Waals surface area contributed by atoms with Crippen LogP contribution >= 0.6 is 0 Å². The van der Waals surface area contributed by atoms with Crippen molar-refractivity contribution < 1.29 is 28.8 Å². The monoisotopic (exact) mass is 417 g/mol. The van der Waals surface area contributed by atoms with Gasteiger partial charge in [-0.05, 0) is 31.2 Å². The van der Waals surface area contributed by atoms with Crippen molar-refractivity contribution in [3.8, 4) is 0 Å². The third kappa shape index (κ3) is 4.13. The number of anilines is 2. The number of carbonyl (C=O) groups excluding carboxylic acids is 3. The molecule has 1 N–H and O–H groups in total. The van der Waals surface area contributed by atoms with E-state index in [0.717, 1.165) is 23.7 Å². The fraction of sp³-hybridized carbons (Fsp3) is 0.571. The Labute approximate surface area is 176 Å². The predicted octanol–water partition coefficient (Wildman–Crippen LogP) is -0.488. The Kier molecular flexibility index (Phi) is 6.19. The first-order chi connectivity index (χ1) is 14.6. The molecule has 0 bridgehead atoms. The number of morpholine rings is 1. The summed E-state index contributed by atoms with van der Waals surface area (Å²) in [5.41, 5.74) is 1.69. The van der Waals surface area contributed by atoms with Crippen molar-refractivity contribution in [1.29, 1.82) is 0 Å². The number of nitrogens with one attached hydrogen (secondary N) is 1. The summed E-state index contributed by atoms with van der Waals surface area (Å²) in [7, 11) is 0. The van der Waals surface area contributed by atoms with Crippen LogP contribution < -0.4 is 14.7 Å². The molecular weight excluding hydrogens is 388 g/mol. The van der Waals surface area contributed by atoms with Gasteiger partial charge < -0.3 is 19.3 Å². The molecule has 30 heavy (non-hydrogen) atoms. The molecule has 3 aliphatic heterocycles. The second-order valence-corrected chi connectivity index (χ2v) is 7.78. The lowest BCUT2D eigenvalue weighted by molar-refractivity contribution is -0.918. The van der Waals surface area contributed by atoms with Gasteiger partial charge in [0.05, 0.1) is 58.1 Å². The molecule has 0 saturated carbocycles. The maximum absolute atomic E-state index is 13.1. The second kappa shape index (κ2) is 9.01. The van der Waals surface area contributed by atoms with E-state index < -0.39 is 0 Å². The lowest BCUT2D eigenvalue weighted by Crippen LogP contribution is -3.19. The highest BCUT2D eigenvalue weighted by atomic mass is 16.6. The molecule has 0 unspecified atom stereocenters. The number of amides is 3. The standard InChI is InChI=1S/C21H28N4O5/c1-2-30-21(28)24-9-7-23(8-10-24)18-15-19(26)25(20(18)27)17-5-3-16(4-6-17)22-11-13-29-14-12-22/h3-6,18H,2,7-15H2,1H3/p+1/t18-/m1/s1. The van der Waals surface area contributed by atoms with Gasteiger partial charge in [0.25, 0.3) is 5.91 Å². The number of hydrogen-bond acceptors (Lipinski definition) is 6. The third-order valence-corrected chi connectivity index (χ3v) is 6.06. The predicted molar refractivity (Wildman–Crippen MR) is 110 cm³/mol. The molecule has 162 valence electrons. The van der Waals surface area contributed by atoms with Crippen molar-refractivity contribution in [2.24, 2.45) is 0 Å². The minimum atomic E-state index is -0.388. The lowest BCUT2D eigenvalue weighted by atomic mass is 10.2. The molecule has 4 rings (SSSR count). The number of imide groups is 1. The van der Waals surface area contributed by atoms with Crippen molar-refractivity contribution in [3.05, 3.63) is 24.3 Å². The van der Waals surface area contributed by atoms with Gasteiger partial charge in [0.15, 0.2) is 6.04 Å². The van der Waals surface area contributed by atoms with Crippen LogP contribution in [0.1, 0.15) is 13.3 Å². The first-order valence-corrected chi connectivity index (χ1v) is 10.6. The van der Waals surface area contributed by atoms with Crippen LogP contribution in [0, 0.1) is 0 Å². The Morgan fingerprint density at radius 2 is 1.70 bits per heavy atom. The van der Waals surface area contributed by atoms with E-state index in [9.17, 15) is 14.4 Å². The van der Waals surface area contributed by atoms with Crippen LogP contribution in [0.3, 0.4) is 0 Å². The minimum Gasteiger partial charge on any atom is -0.450 e. The molecule has 1 aromatic rings. The van der Waals surface area contributed by atoms with Crippen molar-refractivity contribution in [1.82, 2.24) is 4.90 Å². The molecule has 0 aromatic heterocycles. The lowest BCUT2D eigenvalue weighted by Gasteiger charge is -2.33. The van der Waals surface area contributed by atoms with Crippen LogP contribution in [-0.2, 0) is 19.1 Å². The maximum Gasteiger partial charge on any atom is 0.410 e. The highest BCUT2D eigenvalue weighted by Gasteiger charge is 2.46. The Hall–Kier alpha value is -2.65. The number of rotatable bonds is 4. The fourth-order valence-electron chi connectivity index (χ4n) is 4.40. The summed E-state index contributed by atoms with van der Waals surface area (Å²) in [6, 6.07) is 7.22. The SMILES string of the molecule is CCOC(=O)N1CC[NH+]([C@@H]2CC(=O)N(c3ccc(N4CCOCC4)cc3)C2=O)CC1. The van der Waals surface area contributed by atoms with E-state index in [0.29, 0.717) is 51.7 Å². The van der Waals surface area contributed by atoms with E-state index >= 15 is 0 Å². The van der Waals surface area contributed by atoms with Crippen LogP contribution in [0.4, 0.5) is 16.2 Å². The van der Waals surface area contributed by atoms with Gasteiger partial charge in [-0.25, -0.2) is 9.69 Å². The molecule has 1 aromatic carbocycles. The van der Waals surface area contributed by atoms with Crippen LogP contribution in [0.25, 0.3) is 0 Å². The van der Waals surface area contributed by atoms with E-state index in [1.807, 2.05) is 24.3 Å². The van der Waals surface area contributed by atoms with Gasteiger partial charge in [-0.2, -0.15) is 0 Å². The van der Waals surface area contributed by atoms with Crippen LogP contribution in [0.2, 0.25) is 0 Å². The van der Waals surface area contributed by atoms with E-state index in [1.54, 1.807) is 11.8 Å². The summed E-state index contributed by atoms with van der Waals surface area (Å²) < 4.78 is 10.4. The Morgan fingerprint density at radius 3 is 2.33 bits per heavy atom. The zero-order valence-electron chi connectivity index (χ0n) is 17.3. The molecule has 3 fully saturated rings. The van der Waals surface area contributed by atoms with Crippen LogP contribution in [-0.4, -0.2) is 87.9 Å². The van der Waals surface area contributed by atoms with E-state index in [1.165, 1.54) is 4.90 Å². The summed E-state index contributed by atoms with van der Waals surface area (Å²) in [6.45, 7) is 7.54. The minimum absolute atomic E-state index is 0.154. The highest BCUT2D eigenvalue weighted by Crippen LogP contribution is 2.25. The van der Waals surface area contributed by atoms with Crippen LogP contribution in [0.5, 0.6) is 0 Å². The maximum atomic E-state index is 13.1. The summed E-state index contributed by atoms with van der Waals surface area (Å²) in [5, 5.41) is 0. The smallest absolute Gasteiger partial charge is 0.410 e. The Bertz CT molecular complexity index is 785. The molecule has 9 heteroatoms. The van der Waals surface area contributed by atoms with Crippen molar-refractivity contribution in [2.45, 2.75) is 19.4 Å². The summed E-state index contributed by atoms with van der Waals surface area (Å²) in [4.78, 5) is 43.9. The molecule has 3 amide bonds. The van der Waals surface area contributed by atoms with E-state index in [2.05, 4.69) is 4.90 Å². The zero-order valence-corrected chi connectivity index (χ0v) is 17.3. The van der Waals surface area contributed by atoms with Gasteiger partial charge in [-0.3, -0.25) is 14.5 Å². The fourth-order valence-corrected chi connectivity index (χ4v) is 4.40. The second-order valence-electron chi connectivity index (χ2n) is 7.78. The van der Waals surface area contributed by atoms with Gasteiger partial charge in [0, 0.05) is 18.8 Å². The van der Waals surface area contributed by atoms with Gasteiger partial charge in [0.1, 0.15) is 0 Å². The average Bonchev–Trinajstić information content (AvgIpc) is 3.08. The van der Waals surface area contributed by atoms with Gasteiger partial charge in [-0.15, -0.1) is 0 Å². The van der Waals surface area contributed by atoms with Crippen molar-refractivity contribution in [2.75, 3.05) is 68.9 Å². The van der Waals surface area contributed by atoms with Gasteiger partial charge in [0.2, 0.25) is 5.91 Å². The quantitative estimate of drug-likeness (QED) is 0.666. The van der Waals surface area contributed by atoms with Crippen molar-refractivity contribution >= 4 is 29.3 Å². The molecule has 3 heterocycles. The highest BCUT2D eigenvalue weighted by molar-refractivity contribution is 6.21. The number of quaternary nitrogens is 1. The van der Waals surface area contributed by atoms with E-state index in [4.69, 9.17) is 9.47 Å². The Morgan fingerprint density at radius 1 is 1.07 bits per heavy atom. The molecule has 3 aliphatic rings. The number of nitrogens with zero attached hydrogens (tertiary/aromatic N) is 3.